The second kappa shape index (κ2) is 5.32. The van der Waals surface area contributed by atoms with Crippen molar-refractivity contribution < 1.29 is 31.4 Å². The molecule has 1 rings (SSSR count). The van der Waals surface area contributed by atoms with Crippen molar-refractivity contribution in [2.24, 2.45) is 5.92 Å². The number of halogens is 6. The second-order valence-corrected chi connectivity index (χ2v) is 4.20. The summed E-state index contributed by atoms with van der Waals surface area (Å²) in [6.45, 7) is 1.19. The van der Waals surface area contributed by atoms with Gasteiger partial charge in [0.1, 0.15) is 0 Å². The number of hydrogen-bond donors (Lipinski definition) is 1. The van der Waals surface area contributed by atoms with Gasteiger partial charge in [-0.05, 0) is 30.7 Å². The molecule has 8 heteroatoms. The van der Waals surface area contributed by atoms with Gasteiger partial charge in [0.15, 0.2) is 0 Å². The van der Waals surface area contributed by atoms with Crippen molar-refractivity contribution in [1.82, 2.24) is 0 Å². The van der Waals surface area contributed by atoms with Gasteiger partial charge in [-0.3, -0.25) is 0 Å². The Morgan fingerprint density at radius 2 is 1.40 bits per heavy atom. The fourth-order valence-electron chi connectivity index (χ4n) is 1.51. The number of nitriles is 1. The van der Waals surface area contributed by atoms with Gasteiger partial charge in [0.05, 0.1) is 29.2 Å². The Hall–Kier alpha value is -1.75. The van der Waals surface area contributed by atoms with Gasteiger partial charge in [-0.25, -0.2) is 0 Å². The topological polar surface area (TPSA) is 44.0 Å². The van der Waals surface area contributed by atoms with Crippen LogP contribution < -0.4 is 0 Å². The molecule has 1 aromatic rings. The van der Waals surface area contributed by atoms with Gasteiger partial charge in [-0.2, -0.15) is 31.6 Å². The SMILES string of the molecule is C[C@@H](C#N)[C@H](O)c1cc(C(F)(F)F)cc(C(F)(F)F)c1. The first kappa shape index (κ1) is 16.3. The van der Waals surface area contributed by atoms with E-state index in [2.05, 4.69) is 0 Å². The molecule has 1 aromatic carbocycles. The van der Waals surface area contributed by atoms with E-state index in [1.165, 1.54) is 6.92 Å². The Labute approximate surface area is 110 Å². The van der Waals surface area contributed by atoms with Crippen LogP contribution in [0.5, 0.6) is 0 Å². The minimum absolute atomic E-state index is 0.0345. The van der Waals surface area contributed by atoms with E-state index in [1.54, 1.807) is 6.07 Å². The molecule has 2 atom stereocenters. The molecule has 0 aliphatic carbocycles. The lowest BCUT2D eigenvalue weighted by Crippen LogP contribution is -2.15. The van der Waals surface area contributed by atoms with Crippen LogP contribution >= 0.6 is 0 Å². The van der Waals surface area contributed by atoms with Crippen LogP contribution in [0, 0.1) is 17.2 Å². The fraction of sp³-hybridized carbons (Fsp3) is 0.417. The van der Waals surface area contributed by atoms with Crippen LogP contribution in [0.3, 0.4) is 0 Å². The van der Waals surface area contributed by atoms with Crippen LogP contribution in [0.2, 0.25) is 0 Å². The maximum Gasteiger partial charge on any atom is 0.416 e. The van der Waals surface area contributed by atoms with Crippen molar-refractivity contribution in [3.05, 3.63) is 34.9 Å². The van der Waals surface area contributed by atoms with Crippen LogP contribution in [0.15, 0.2) is 18.2 Å². The Kier molecular flexibility index (Phi) is 4.34. The average Bonchev–Trinajstić information content (AvgIpc) is 2.34. The van der Waals surface area contributed by atoms with Crippen molar-refractivity contribution in [2.45, 2.75) is 25.4 Å². The quantitative estimate of drug-likeness (QED) is 0.841. The monoisotopic (exact) mass is 297 g/mol. The maximum atomic E-state index is 12.6. The smallest absolute Gasteiger partial charge is 0.387 e. The molecular weight excluding hydrogens is 288 g/mol. The Morgan fingerprint density at radius 3 is 1.70 bits per heavy atom. The highest BCUT2D eigenvalue weighted by atomic mass is 19.4. The first-order valence-electron chi connectivity index (χ1n) is 5.34. The van der Waals surface area contributed by atoms with Crippen LogP contribution in [0.4, 0.5) is 26.3 Å². The summed E-state index contributed by atoms with van der Waals surface area (Å²) in [6.07, 6.45) is -11.7. The zero-order chi connectivity index (χ0) is 15.7. The molecule has 110 valence electrons. The van der Waals surface area contributed by atoms with Gasteiger partial charge in [-0.15, -0.1) is 0 Å². The Balaban J connectivity index is 3.43. The molecule has 0 aliphatic heterocycles. The first-order chi connectivity index (χ1) is 8.96. The fourth-order valence-corrected chi connectivity index (χ4v) is 1.51. The van der Waals surface area contributed by atoms with Crippen molar-refractivity contribution in [3.63, 3.8) is 0 Å². The third kappa shape index (κ3) is 3.63. The summed E-state index contributed by atoms with van der Waals surface area (Å²) in [4.78, 5) is 0. The van der Waals surface area contributed by atoms with E-state index in [1.807, 2.05) is 0 Å². The highest BCUT2D eigenvalue weighted by Crippen LogP contribution is 2.38. The van der Waals surface area contributed by atoms with E-state index in [-0.39, 0.29) is 6.07 Å². The molecule has 20 heavy (non-hydrogen) atoms. The number of aliphatic hydroxyl groups is 1. The first-order valence-corrected chi connectivity index (χ1v) is 5.34. The summed E-state index contributed by atoms with van der Waals surface area (Å²) in [5.41, 5.74) is -3.64. The summed E-state index contributed by atoms with van der Waals surface area (Å²) in [5, 5.41) is 18.2. The van der Waals surface area contributed by atoms with Crippen molar-refractivity contribution in [2.75, 3.05) is 0 Å². The third-order valence-electron chi connectivity index (χ3n) is 2.63. The van der Waals surface area contributed by atoms with Gasteiger partial charge in [0.25, 0.3) is 0 Å². The molecule has 0 bridgehead atoms. The largest absolute Gasteiger partial charge is 0.416 e. The Morgan fingerprint density at radius 1 is 1.00 bits per heavy atom. The minimum atomic E-state index is -4.98. The van der Waals surface area contributed by atoms with E-state index in [0.717, 1.165) is 0 Å². The van der Waals surface area contributed by atoms with Crippen LogP contribution in [0.1, 0.15) is 29.7 Å². The summed E-state index contributed by atoms with van der Waals surface area (Å²) in [6, 6.07) is 2.35. The molecule has 0 aromatic heterocycles. The predicted molar refractivity (Wildman–Crippen MR) is 56.2 cm³/mol. The number of nitrogens with zero attached hydrogens (tertiary/aromatic N) is 1. The summed E-state index contributed by atoms with van der Waals surface area (Å²) in [7, 11) is 0. The number of hydrogen-bond acceptors (Lipinski definition) is 2. The summed E-state index contributed by atoms with van der Waals surface area (Å²) < 4.78 is 75.4. The van der Waals surface area contributed by atoms with Crippen molar-refractivity contribution in [3.8, 4) is 6.07 Å². The van der Waals surface area contributed by atoms with Crippen LogP contribution in [-0.2, 0) is 12.4 Å². The van der Waals surface area contributed by atoms with Gasteiger partial charge >= 0.3 is 12.4 Å². The molecule has 0 heterocycles. The second-order valence-electron chi connectivity index (χ2n) is 4.20. The van der Waals surface area contributed by atoms with Gasteiger partial charge in [-0.1, -0.05) is 0 Å². The summed E-state index contributed by atoms with van der Waals surface area (Å²) in [5.74, 6) is -1.14. The zero-order valence-corrected chi connectivity index (χ0v) is 10.0. The maximum absolute atomic E-state index is 12.6. The molecule has 0 aliphatic rings. The van der Waals surface area contributed by atoms with E-state index >= 15 is 0 Å². The van der Waals surface area contributed by atoms with Crippen LogP contribution in [0.25, 0.3) is 0 Å². The highest BCUT2D eigenvalue weighted by molar-refractivity contribution is 5.35. The molecule has 2 nitrogen and oxygen atoms in total. The number of rotatable bonds is 2. The molecule has 0 spiro atoms. The lowest BCUT2D eigenvalue weighted by Gasteiger charge is -2.18. The van der Waals surface area contributed by atoms with E-state index < -0.39 is 41.1 Å². The zero-order valence-electron chi connectivity index (χ0n) is 10.0. The molecular formula is C12H9F6NO. The van der Waals surface area contributed by atoms with Crippen LogP contribution in [-0.4, -0.2) is 5.11 Å². The van der Waals surface area contributed by atoms with Crippen molar-refractivity contribution in [1.29, 1.82) is 5.26 Å². The molecule has 1 N–H and O–H groups in total. The standard InChI is InChI=1S/C12H9F6NO/c1-6(5-19)10(20)7-2-8(11(13,14)15)4-9(3-7)12(16,17)18/h2-4,6,10,20H,1H3/t6-,10-/m0/s1. The molecule has 0 unspecified atom stereocenters. The molecule has 0 saturated heterocycles. The average molecular weight is 297 g/mol. The number of aliphatic hydroxyl groups excluding tert-OH is 1. The highest BCUT2D eigenvalue weighted by Gasteiger charge is 2.37. The van der Waals surface area contributed by atoms with Crippen molar-refractivity contribution >= 4 is 0 Å². The minimum Gasteiger partial charge on any atom is -0.387 e. The number of benzene rings is 1. The molecule has 0 radical (unpaired) electrons. The molecule has 0 saturated carbocycles. The van der Waals surface area contributed by atoms with Gasteiger partial charge in [0.2, 0.25) is 0 Å². The third-order valence-corrected chi connectivity index (χ3v) is 2.63. The summed E-state index contributed by atoms with van der Waals surface area (Å²) >= 11 is 0. The predicted octanol–water partition coefficient (Wildman–Crippen LogP) is 3.92. The van der Waals surface area contributed by atoms with E-state index in [0.29, 0.717) is 12.1 Å². The van der Waals surface area contributed by atoms with E-state index in [4.69, 9.17) is 5.26 Å². The lowest BCUT2D eigenvalue weighted by atomic mass is 9.95. The Bertz CT molecular complexity index is 496. The van der Waals surface area contributed by atoms with E-state index in [9.17, 15) is 31.4 Å². The number of alkyl halides is 6. The normalized spacial score (nSPS) is 15.6. The van der Waals surface area contributed by atoms with Gasteiger partial charge < -0.3 is 5.11 Å². The molecule has 0 fully saturated rings. The van der Waals surface area contributed by atoms with Gasteiger partial charge in [0, 0.05) is 0 Å². The molecule has 0 amide bonds. The lowest BCUT2D eigenvalue weighted by molar-refractivity contribution is -0.143.